The molecule has 8 heteroatoms. The highest BCUT2D eigenvalue weighted by Gasteiger charge is 2.28. The summed E-state index contributed by atoms with van der Waals surface area (Å²) >= 11 is 7.34. The third-order valence-corrected chi connectivity index (χ3v) is 6.50. The van der Waals surface area contributed by atoms with Gasteiger partial charge >= 0.3 is 0 Å². The molecule has 31 heavy (non-hydrogen) atoms. The molecule has 2 amide bonds. The van der Waals surface area contributed by atoms with Crippen LogP contribution in [0.1, 0.15) is 34.1 Å². The number of aromatic nitrogens is 1. The topological polar surface area (TPSA) is 80.3 Å². The molecule has 0 saturated heterocycles. The number of hydrogen-bond acceptors (Lipinski definition) is 5. The van der Waals surface area contributed by atoms with E-state index in [-0.39, 0.29) is 18.4 Å². The molecule has 1 unspecified atom stereocenters. The summed E-state index contributed by atoms with van der Waals surface area (Å²) in [4.78, 5) is 31.0. The summed E-state index contributed by atoms with van der Waals surface area (Å²) in [6.07, 6.45) is 4.36. The quantitative estimate of drug-likeness (QED) is 0.536. The third-order valence-electron chi connectivity index (χ3n) is 5.08. The predicted octanol–water partition coefficient (Wildman–Crippen LogP) is 5.19. The highest BCUT2D eigenvalue weighted by molar-refractivity contribution is 7.17. The number of carbonyl (C=O) groups excluding carboxylic acids is 2. The van der Waals surface area contributed by atoms with Crippen molar-refractivity contribution < 1.29 is 14.3 Å². The fraction of sp³-hybridized carbons (Fsp3) is 0.261. The van der Waals surface area contributed by atoms with E-state index in [1.165, 1.54) is 11.3 Å². The summed E-state index contributed by atoms with van der Waals surface area (Å²) in [6.45, 7) is 2.04. The molecule has 0 radical (unpaired) electrons. The number of anilines is 2. The second-order valence-electron chi connectivity index (χ2n) is 7.52. The van der Waals surface area contributed by atoms with Crippen molar-refractivity contribution in [2.45, 2.75) is 26.2 Å². The molecule has 1 atom stereocenters. The van der Waals surface area contributed by atoms with E-state index in [0.717, 1.165) is 29.7 Å². The molecule has 0 aliphatic heterocycles. The number of hydrogen-bond donors (Lipinski definition) is 2. The Morgan fingerprint density at radius 3 is 2.74 bits per heavy atom. The van der Waals surface area contributed by atoms with Crippen LogP contribution in [0.2, 0.25) is 5.02 Å². The SMILES string of the molecule is CC1CCc2c(sc(NC(=O)COc3ccc(Cl)cc3)c2C(=O)Nc2ccccn2)C1. The Morgan fingerprint density at radius 2 is 2.00 bits per heavy atom. The molecule has 160 valence electrons. The van der Waals surface area contributed by atoms with Crippen LogP contribution in [0.25, 0.3) is 0 Å². The van der Waals surface area contributed by atoms with Gasteiger partial charge in [-0.05, 0) is 67.1 Å². The van der Waals surface area contributed by atoms with Crippen molar-refractivity contribution in [2.75, 3.05) is 17.2 Å². The Morgan fingerprint density at radius 1 is 1.19 bits per heavy atom. The molecular formula is C23H22ClN3O3S. The highest BCUT2D eigenvalue weighted by atomic mass is 35.5. The molecule has 1 aromatic carbocycles. The molecule has 1 aliphatic carbocycles. The summed E-state index contributed by atoms with van der Waals surface area (Å²) in [5.41, 5.74) is 1.54. The Hall–Kier alpha value is -2.90. The van der Waals surface area contributed by atoms with Gasteiger partial charge in [-0.15, -0.1) is 11.3 Å². The molecule has 0 spiro atoms. The number of ether oxygens (including phenoxy) is 1. The summed E-state index contributed by atoms with van der Waals surface area (Å²) in [5, 5.41) is 6.87. The van der Waals surface area contributed by atoms with Crippen LogP contribution in [-0.4, -0.2) is 23.4 Å². The van der Waals surface area contributed by atoms with Crippen molar-refractivity contribution in [3.05, 3.63) is 69.7 Å². The molecular weight excluding hydrogens is 434 g/mol. The number of halogens is 1. The number of fused-ring (bicyclic) bond motifs is 1. The van der Waals surface area contributed by atoms with Crippen LogP contribution >= 0.6 is 22.9 Å². The third kappa shape index (κ3) is 5.24. The average Bonchev–Trinajstić information content (AvgIpc) is 3.10. The standard InChI is InChI=1S/C23H22ClN3O3S/c1-14-5-10-17-18(12-14)31-23(21(17)22(29)26-19-4-2-3-11-25-19)27-20(28)13-30-16-8-6-15(24)7-9-16/h2-4,6-9,11,14H,5,10,12-13H2,1H3,(H,27,28)(H,25,26,29). The van der Waals surface area contributed by atoms with E-state index in [1.807, 2.05) is 6.07 Å². The largest absolute Gasteiger partial charge is 0.484 e. The van der Waals surface area contributed by atoms with Gasteiger partial charge in [-0.2, -0.15) is 0 Å². The van der Waals surface area contributed by atoms with Gasteiger partial charge in [0.25, 0.3) is 11.8 Å². The molecule has 2 aromatic heterocycles. The number of carbonyl (C=O) groups is 2. The van der Waals surface area contributed by atoms with E-state index in [4.69, 9.17) is 16.3 Å². The van der Waals surface area contributed by atoms with Crippen molar-refractivity contribution in [3.8, 4) is 5.75 Å². The lowest BCUT2D eigenvalue weighted by Gasteiger charge is -2.18. The van der Waals surface area contributed by atoms with Crippen LogP contribution in [0.3, 0.4) is 0 Å². The van der Waals surface area contributed by atoms with Gasteiger partial charge in [0.15, 0.2) is 6.61 Å². The minimum absolute atomic E-state index is 0.165. The second kappa shape index (κ2) is 9.49. The van der Waals surface area contributed by atoms with Crippen molar-refractivity contribution in [1.29, 1.82) is 0 Å². The summed E-state index contributed by atoms with van der Waals surface area (Å²) in [7, 11) is 0. The fourth-order valence-electron chi connectivity index (χ4n) is 3.54. The molecule has 2 N–H and O–H groups in total. The zero-order valence-electron chi connectivity index (χ0n) is 17.0. The van der Waals surface area contributed by atoms with Crippen molar-refractivity contribution in [1.82, 2.24) is 4.98 Å². The Balaban J connectivity index is 1.52. The molecule has 6 nitrogen and oxygen atoms in total. The maximum Gasteiger partial charge on any atom is 0.262 e. The summed E-state index contributed by atoms with van der Waals surface area (Å²) < 4.78 is 5.53. The Bertz CT molecular complexity index is 1080. The maximum atomic E-state index is 13.1. The lowest BCUT2D eigenvalue weighted by Crippen LogP contribution is -2.22. The van der Waals surface area contributed by atoms with E-state index < -0.39 is 0 Å². The number of nitrogens with zero attached hydrogens (tertiary/aromatic N) is 1. The number of nitrogens with one attached hydrogen (secondary N) is 2. The van der Waals surface area contributed by atoms with E-state index in [0.29, 0.717) is 33.1 Å². The van der Waals surface area contributed by atoms with Crippen LogP contribution in [0.5, 0.6) is 5.75 Å². The van der Waals surface area contributed by atoms with Crippen LogP contribution < -0.4 is 15.4 Å². The van der Waals surface area contributed by atoms with Gasteiger partial charge in [0.05, 0.1) is 5.56 Å². The molecule has 0 saturated carbocycles. The van der Waals surface area contributed by atoms with Gasteiger partial charge in [-0.3, -0.25) is 9.59 Å². The van der Waals surface area contributed by atoms with Crippen LogP contribution in [0.15, 0.2) is 48.7 Å². The first-order chi connectivity index (χ1) is 15.0. The first kappa shape index (κ1) is 21.3. The average molecular weight is 456 g/mol. The first-order valence-corrected chi connectivity index (χ1v) is 11.2. The zero-order chi connectivity index (χ0) is 21.8. The first-order valence-electron chi connectivity index (χ1n) is 10.0. The lowest BCUT2D eigenvalue weighted by molar-refractivity contribution is -0.118. The van der Waals surface area contributed by atoms with E-state index in [2.05, 4.69) is 22.5 Å². The monoisotopic (exact) mass is 455 g/mol. The van der Waals surface area contributed by atoms with E-state index in [1.54, 1.807) is 42.6 Å². The van der Waals surface area contributed by atoms with Crippen molar-refractivity contribution >= 4 is 45.6 Å². The van der Waals surface area contributed by atoms with Gasteiger partial charge in [-0.25, -0.2) is 4.98 Å². The van der Waals surface area contributed by atoms with Gasteiger partial charge in [-0.1, -0.05) is 24.6 Å². The Labute approximate surface area is 189 Å². The highest BCUT2D eigenvalue weighted by Crippen LogP contribution is 2.40. The predicted molar refractivity (Wildman–Crippen MR) is 123 cm³/mol. The van der Waals surface area contributed by atoms with Crippen LogP contribution in [0.4, 0.5) is 10.8 Å². The Kier molecular flexibility index (Phi) is 6.53. The summed E-state index contributed by atoms with van der Waals surface area (Å²) in [5.74, 6) is 0.981. The number of amides is 2. The van der Waals surface area contributed by atoms with Crippen molar-refractivity contribution in [3.63, 3.8) is 0 Å². The summed E-state index contributed by atoms with van der Waals surface area (Å²) in [6, 6.07) is 12.1. The number of thiophene rings is 1. The van der Waals surface area contributed by atoms with Gasteiger partial charge in [0.1, 0.15) is 16.6 Å². The normalized spacial score (nSPS) is 15.1. The molecule has 3 aromatic rings. The molecule has 0 fully saturated rings. The number of benzene rings is 1. The van der Waals surface area contributed by atoms with Gasteiger partial charge in [0.2, 0.25) is 0 Å². The lowest BCUT2D eigenvalue weighted by atomic mass is 9.88. The minimum Gasteiger partial charge on any atom is -0.484 e. The number of rotatable bonds is 6. The second-order valence-corrected chi connectivity index (χ2v) is 9.06. The van der Waals surface area contributed by atoms with Crippen LogP contribution in [0, 0.1) is 5.92 Å². The molecule has 0 bridgehead atoms. The number of pyridine rings is 1. The fourth-order valence-corrected chi connectivity index (χ4v) is 5.09. The molecule has 2 heterocycles. The molecule has 4 rings (SSSR count). The van der Waals surface area contributed by atoms with Gasteiger partial charge in [0, 0.05) is 16.1 Å². The van der Waals surface area contributed by atoms with E-state index in [9.17, 15) is 9.59 Å². The smallest absolute Gasteiger partial charge is 0.262 e. The maximum absolute atomic E-state index is 13.1. The van der Waals surface area contributed by atoms with Gasteiger partial charge < -0.3 is 15.4 Å². The minimum atomic E-state index is -0.325. The zero-order valence-corrected chi connectivity index (χ0v) is 18.6. The van der Waals surface area contributed by atoms with Crippen molar-refractivity contribution in [2.24, 2.45) is 5.92 Å². The van der Waals surface area contributed by atoms with E-state index >= 15 is 0 Å². The van der Waals surface area contributed by atoms with Crippen LogP contribution in [-0.2, 0) is 17.6 Å². The molecule has 1 aliphatic rings.